The first kappa shape index (κ1) is 11.8. The fraction of sp³-hybridized carbons (Fsp3) is 0.846. The molecule has 1 aliphatic rings. The van der Waals surface area contributed by atoms with Crippen LogP contribution < -0.4 is 5.73 Å². The van der Waals surface area contributed by atoms with Gasteiger partial charge in [0, 0.05) is 0 Å². The van der Waals surface area contributed by atoms with Crippen molar-refractivity contribution in [2.24, 2.45) is 23.5 Å². The van der Waals surface area contributed by atoms with E-state index in [2.05, 4.69) is 20.4 Å². The fourth-order valence-electron chi connectivity index (χ4n) is 2.80. The number of rotatable bonds is 4. The van der Waals surface area contributed by atoms with Crippen LogP contribution in [-0.4, -0.2) is 6.54 Å². The lowest BCUT2D eigenvalue weighted by molar-refractivity contribution is 0.180. The Kier molecular flexibility index (Phi) is 4.67. The van der Waals surface area contributed by atoms with E-state index in [1.54, 1.807) is 0 Å². The van der Waals surface area contributed by atoms with Crippen molar-refractivity contribution in [2.75, 3.05) is 6.54 Å². The van der Waals surface area contributed by atoms with E-state index in [4.69, 9.17) is 5.73 Å². The molecule has 0 saturated heterocycles. The van der Waals surface area contributed by atoms with Crippen LogP contribution in [0.5, 0.6) is 0 Å². The third-order valence-electron chi connectivity index (χ3n) is 3.74. The second-order valence-electron chi connectivity index (χ2n) is 5.00. The summed E-state index contributed by atoms with van der Waals surface area (Å²) < 4.78 is 0. The maximum absolute atomic E-state index is 5.83. The molecule has 0 aromatic carbocycles. The number of hydrogen-bond acceptors (Lipinski definition) is 1. The largest absolute Gasteiger partial charge is 0.330 e. The maximum atomic E-state index is 5.83. The number of hydrogen-bond donors (Lipinski definition) is 1. The van der Waals surface area contributed by atoms with Gasteiger partial charge in [0.2, 0.25) is 0 Å². The van der Waals surface area contributed by atoms with E-state index < -0.39 is 0 Å². The van der Waals surface area contributed by atoms with Gasteiger partial charge >= 0.3 is 0 Å². The zero-order valence-electron chi connectivity index (χ0n) is 9.76. The van der Waals surface area contributed by atoms with Crippen LogP contribution in [0.25, 0.3) is 0 Å². The minimum atomic E-state index is 0.759. The first-order valence-electron chi connectivity index (χ1n) is 6.01. The second kappa shape index (κ2) is 5.55. The highest BCUT2D eigenvalue weighted by Crippen LogP contribution is 2.37. The fourth-order valence-corrected chi connectivity index (χ4v) is 2.80. The van der Waals surface area contributed by atoms with Crippen LogP contribution in [-0.2, 0) is 0 Å². The van der Waals surface area contributed by atoms with Crippen molar-refractivity contribution < 1.29 is 0 Å². The van der Waals surface area contributed by atoms with E-state index >= 15 is 0 Å². The summed E-state index contributed by atoms with van der Waals surface area (Å²) in [6, 6.07) is 0. The molecule has 0 bridgehead atoms. The summed E-state index contributed by atoms with van der Waals surface area (Å²) in [5.41, 5.74) is 7.15. The molecular weight excluding hydrogens is 170 g/mol. The van der Waals surface area contributed by atoms with Crippen molar-refractivity contribution in [3.63, 3.8) is 0 Å². The molecule has 1 rings (SSSR count). The lowest BCUT2D eigenvalue weighted by Crippen LogP contribution is -2.30. The number of nitrogens with two attached hydrogens (primary N) is 1. The molecule has 1 heteroatoms. The lowest BCUT2D eigenvalue weighted by Gasteiger charge is -2.35. The van der Waals surface area contributed by atoms with Gasteiger partial charge in [-0.1, -0.05) is 25.3 Å². The van der Waals surface area contributed by atoms with Crippen molar-refractivity contribution in [1.82, 2.24) is 0 Å². The van der Waals surface area contributed by atoms with Crippen molar-refractivity contribution >= 4 is 0 Å². The average Bonchev–Trinajstić information content (AvgIpc) is 2.16. The molecule has 0 aromatic rings. The molecule has 3 unspecified atom stereocenters. The van der Waals surface area contributed by atoms with E-state index in [9.17, 15) is 0 Å². The third-order valence-corrected chi connectivity index (χ3v) is 3.74. The normalized spacial score (nSPS) is 32.9. The van der Waals surface area contributed by atoms with Crippen molar-refractivity contribution in [3.8, 4) is 0 Å². The number of allylic oxidation sites excluding steroid dienone is 1. The minimum Gasteiger partial charge on any atom is -0.330 e. The zero-order chi connectivity index (χ0) is 10.6. The Morgan fingerprint density at radius 3 is 2.57 bits per heavy atom. The molecule has 1 nitrogen and oxygen atoms in total. The molecule has 1 saturated carbocycles. The smallest absolute Gasteiger partial charge is 0.00461 e. The van der Waals surface area contributed by atoms with Gasteiger partial charge in [-0.3, -0.25) is 0 Å². The summed E-state index contributed by atoms with van der Waals surface area (Å²) in [5.74, 6) is 2.52. The first-order valence-corrected chi connectivity index (χ1v) is 6.01. The molecule has 0 heterocycles. The van der Waals surface area contributed by atoms with E-state index in [-0.39, 0.29) is 0 Å². The summed E-state index contributed by atoms with van der Waals surface area (Å²) in [6.45, 7) is 9.35. The van der Waals surface area contributed by atoms with Crippen molar-refractivity contribution in [2.45, 2.75) is 46.0 Å². The summed E-state index contributed by atoms with van der Waals surface area (Å²) in [6.07, 6.45) is 6.64. The Morgan fingerprint density at radius 1 is 1.36 bits per heavy atom. The summed E-state index contributed by atoms with van der Waals surface area (Å²) in [4.78, 5) is 0. The minimum absolute atomic E-state index is 0.759. The molecule has 2 N–H and O–H groups in total. The average molecular weight is 195 g/mol. The van der Waals surface area contributed by atoms with Gasteiger partial charge in [0.15, 0.2) is 0 Å². The van der Waals surface area contributed by atoms with Crippen LogP contribution in [0.1, 0.15) is 46.0 Å². The van der Waals surface area contributed by atoms with Gasteiger partial charge in [-0.2, -0.15) is 0 Å². The van der Waals surface area contributed by atoms with E-state index in [1.165, 1.54) is 37.7 Å². The Balaban J connectivity index is 2.51. The van der Waals surface area contributed by atoms with Gasteiger partial charge in [-0.25, -0.2) is 0 Å². The van der Waals surface area contributed by atoms with Gasteiger partial charge < -0.3 is 5.73 Å². The molecular formula is C13H25N. The molecule has 14 heavy (non-hydrogen) atoms. The highest BCUT2D eigenvalue weighted by Gasteiger charge is 2.28. The highest BCUT2D eigenvalue weighted by atomic mass is 14.6. The topological polar surface area (TPSA) is 26.0 Å². The maximum Gasteiger partial charge on any atom is -0.00461 e. The van der Waals surface area contributed by atoms with Gasteiger partial charge in [-0.05, 0) is 50.5 Å². The van der Waals surface area contributed by atoms with Gasteiger partial charge in [0.05, 0.1) is 0 Å². The van der Waals surface area contributed by atoms with E-state index in [0.717, 1.165) is 24.3 Å². The highest BCUT2D eigenvalue weighted by molar-refractivity contribution is 4.94. The SMILES string of the molecule is C=C(C)CC1CC(CC)CCC1CN. The van der Waals surface area contributed by atoms with Crippen LogP contribution >= 0.6 is 0 Å². The Bertz CT molecular complexity index is 186. The molecule has 0 aliphatic heterocycles. The predicted octanol–water partition coefficient (Wildman–Crippen LogP) is 3.35. The Hall–Kier alpha value is -0.300. The molecule has 0 amide bonds. The Labute approximate surface area is 88.8 Å². The van der Waals surface area contributed by atoms with Crippen LogP contribution in [0.3, 0.4) is 0 Å². The monoisotopic (exact) mass is 195 g/mol. The molecule has 0 radical (unpaired) electrons. The van der Waals surface area contributed by atoms with Crippen molar-refractivity contribution in [1.29, 1.82) is 0 Å². The van der Waals surface area contributed by atoms with Gasteiger partial charge in [-0.15, -0.1) is 6.58 Å². The molecule has 1 fully saturated rings. The molecule has 0 aromatic heterocycles. The molecule has 82 valence electrons. The lowest BCUT2D eigenvalue weighted by atomic mass is 9.71. The van der Waals surface area contributed by atoms with Crippen molar-refractivity contribution in [3.05, 3.63) is 12.2 Å². The van der Waals surface area contributed by atoms with Crippen LogP contribution in [0.15, 0.2) is 12.2 Å². The first-order chi connectivity index (χ1) is 6.67. The van der Waals surface area contributed by atoms with Gasteiger partial charge in [0.1, 0.15) is 0 Å². The summed E-state index contributed by atoms with van der Waals surface area (Å²) in [7, 11) is 0. The molecule has 0 spiro atoms. The van der Waals surface area contributed by atoms with Crippen LogP contribution in [0.2, 0.25) is 0 Å². The summed E-state index contributed by atoms with van der Waals surface area (Å²) >= 11 is 0. The Morgan fingerprint density at radius 2 is 2.07 bits per heavy atom. The quantitative estimate of drug-likeness (QED) is 0.684. The zero-order valence-corrected chi connectivity index (χ0v) is 9.76. The van der Waals surface area contributed by atoms with E-state index in [0.29, 0.717) is 0 Å². The van der Waals surface area contributed by atoms with Gasteiger partial charge in [0.25, 0.3) is 0 Å². The predicted molar refractivity (Wildman–Crippen MR) is 63.1 cm³/mol. The van der Waals surface area contributed by atoms with Crippen LogP contribution in [0.4, 0.5) is 0 Å². The van der Waals surface area contributed by atoms with Crippen LogP contribution in [0, 0.1) is 17.8 Å². The molecule has 3 atom stereocenters. The standard InChI is InChI=1S/C13H25N/c1-4-11-5-6-12(9-14)13(8-11)7-10(2)3/h11-13H,2,4-9,14H2,1,3H3. The summed E-state index contributed by atoms with van der Waals surface area (Å²) in [5, 5.41) is 0. The third kappa shape index (κ3) is 3.13. The molecule has 1 aliphatic carbocycles. The van der Waals surface area contributed by atoms with E-state index in [1.807, 2.05) is 0 Å². The second-order valence-corrected chi connectivity index (χ2v) is 5.00.